The van der Waals surface area contributed by atoms with Crippen molar-refractivity contribution in [3.63, 3.8) is 0 Å². The molecule has 0 rings (SSSR count). The first-order chi connectivity index (χ1) is 3.81. The highest BCUT2D eigenvalue weighted by atomic mass is 32.1. The molecule has 0 spiro atoms. The van der Waals surface area contributed by atoms with Crippen LogP contribution in [0.4, 0.5) is 0 Å². The van der Waals surface area contributed by atoms with Crippen molar-refractivity contribution in [1.82, 2.24) is 0 Å². The second-order valence-electron chi connectivity index (χ2n) is 1.70. The SMILES string of the molecule is CC(CS)CN=[N+]=[N-]. The van der Waals surface area contributed by atoms with Crippen LogP contribution in [0.3, 0.4) is 0 Å². The molecule has 0 fully saturated rings. The Bertz CT molecular complexity index is 97.5. The van der Waals surface area contributed by atoms with E-state index in [0.717, 1.165) is 5.75 Å². The molecule has 8 heavy (non-hydrogen) atoms. The molecule has 3 nitrogen and oxygen atoms in total. The van der Waals surface area contributed by atoms with Crippen LogP contribution in [0.2, 0.25) is 0 Å². The van der Waals surface area contributed by atoms with Crippen molar-refractivity contribution in [1.29, 1.82) is 0 Å². The molecule has 0 bridgehead atoms. The molecular weight excluding hydrogens is 122 g/mol. The Morgan fingerprint density at radius 3 is 2.88 bits per heavy atom. The highest BCUT2D eigenvalue weighted by molar-refractivity contribution is 7.80. The zero-order chi connectivity index (χ0) is 6.41. The van der Waals surface area contributed by atoms with Gasteiger partial charge in [0.25, 0.3) is 0 Å². The molecule has 4 heteroatoms. The molecular formula is C4H9N3S. The summed E-state index contributed by atoms with van der Waals surface area (Å²) >= 11 is 4.01. The minimum absolute atomic E-state index is 0.397. The van der Waals surface area contributed by atoms with Crippen molar-refractivity contribution in [3.8, 4) is 0 Å². The van der Waals surface area contributed by atoms with Gasteiger partial charge in [0, 0.05) is 11.5 Å². The van der Waals surface area contributed by atoms with Gasteiger partial charge in [-0.2, -0.15) is 12.6 Å². The lowest BCUT2D eigenvalue weighted by Crippen LogP contribution is -1.98. The quantitative estimate of drug-likeness (QED) is 0.263. The van der Waals surface area contributed by atoms with E-state index in [1.807, 2.05) is 6.92 Å². The van der Waals surface area contributed by atoms with Gasteiger partial charge in [-0.3, -0.25) is 0 Å². The van der Waals surface area contributed by atoms with E-state index < -0.39 is 0 Å². The number of azide groups is 1. The van der Waals surface area contributed by atoms with Gasteiger partial charge in [0.15, 0.2) is 0 Å². The molecule has 0 saturated heterocycles. The summed E-state index contributed by atoms with van der Waals surface area (Å²) in [6.07, 6.45) is 0. The van der Waals surface area contributed by atoms with Crippen molar-refractivity contribution in [3.05, 3.63) is 10.4 Å². The van der Waals surface area contributed by atoms with Gasteiger partial charge in [0.1, 0.15) is 0 Å². The van der Waals surface area contributed by atoms with Gasteiger partial charge >= 0.3 is 0 Å². The molecule has 0 aliphatic rings. The van der Waals surface area contributed by atoms with Crippen molar-refractivity contribution in [2.75, 3.05) is 12.3 Å². The Hall–Kier alpha value is -0.340. The lowest BCUT2D eigenvalue weighted by atomic mass is 10.2. The van der Waals surface area contributed by atoms with Gasteiger partial charge in [-0.05, 0) is 17.2 Å². The van der Waals surface area contributed by atoms with Crippen LogP contribution in [0.1, 0.15) is 6.92 Å². The monoisotopic (exact) mass is 131 g/mol. The van der Waals surface area contributed by atoms with Gasteiger partial charge in [0.2, 0.25) is 0 Å². The predicted molar refractivity (Wildman–Crippen MR) is 37.0 cm³/mol. The van der Waals surface area contributed by atoms with Crippen LogP contribution in [0.15, 0.2) is 5.11 Å². The molecule has 46 valence electrons. The molecule has 0 aliphatic heterocycles. The fraction of sp³-hybridized carbons (Fsp3) is 1.00. The van der Waals surface area contributed by atoms with E-state index >= 15 is 0 Å². The molecule has 0 radical (unpaired) electrons. The number of thiol groups is 1. The first-order valence-corrected chi connectivity index (χ1v) is 3.06. The maximum atomic E-state index is 7.84. The van der Waals surface area contributed by atoms with Crippen LogP contribution < -0.4 is 0 Å². The maximum absolute atomic E-state index is 7.84. The molecule has 0 aliphatic carbocycles. The van der Waals surface area contributed by atoms with Crippen LogP contribution in [-0.4, -0.2) is 12.3 Å². The highest BCUT2D eigenvalue weighted by Crippen LogP contribution is 1.96. The second kappa shape index (κ2) is 4.81. The van der Waals surface area contributed by atoms with Crippen LogP contribution >= 0.6 is 12.6 Å². The Balaban J connectivity index is 3.23. The van der Waals surface area contributed by atoms with Crippen molar-refractivity contribution in [2.45, 2.75) is 6.92 Å². The lowest BCUT2D eigenvalue weighted by molar-refractivity contribution is 0.674. The highest BCUT2D eigenvalue weighted by Gasteiger charge is 1.93. The summed E-state index contributed by atoms with van der Waals surface area (Å²) in [5.74, 6) is 1.17. The summed E-state index contributed by atoms with van der Waals surface area (Å²) in [7, 11) is 0. The molecule has 0 N–H and O–H groups in total. The minimum atomic E-state index is 0.397. The van der Waals surface area contributed by atoms with Gasteiger partial charge in [-0.1, -0.05) is 12.0 Å². The summed E-state index contributed by atoms with van der Waals surface area (Å²) in [5, 5.41) is 3.37. The summed E-state index contributed by atoms with van der Waals surface area (Å²) in [6, 6.07) is 0. The molecule has 0 aromatic carbocycles. The van der Waals surface area contributed by atoms with E-state index in [1.54, 1.807) is 0 Å². The number of hydrogen-bond acceptors (Lipinski definition) is 2. The molecule has 0 saturated carbocycles. The van der Waals surface area contributed by atoms with E-state index in [-0.39, 0.29) is 0 Å². The topological polar surface area (TPSA) is 48.8 Å². The molecule has 0 amide bonds. The van der Waals surface area contributed by atoms with E-state index in [2.05, 4.69) is 22.7 Å². The Morgan fingerprint density at radius 1 is 1.88 bits per heavy atom. The third-order valence-electron chi connectivity index (χ3n) is 0.768. The summed E-state index contributed by atoms with van der Waals surface area (Å²) in [4.78, 5) is 2.61. The van der Waals surface area contributed by atoms with Crippen molar-refractivity contribution >= 4 is 12.6 Å². The van der Waals surface area contributed by atoms with Gasteiger partial charge < -0.3 is 0 Å². The fourth-order valence-electron chi connectivity index (χ4n) is 0.234. The molecule has 1 unspecified atom stereocenters. The normalized spacial score (nSPS) is 12.2. The predicted octanol–water partition coefficient (Wildman–Crippen LogP) is 1.86. The zero-order valence-corrected chi connectivity index (χ0v) is 5.67. The Kier molecular flexibility index (Phi) is 4.61. The van der Waals surface area contributed by atoms with Crippen LogP contribution in [-0.2, 0) is 0 Å². The zero-order valence-electron chi connectivity index (χ0n) is 4.78. The average Bonchev–Trinajstić information content (AvgIpc) is 1.83. The standard InChI is InChI=1S/C4H9N3S/c1-4(3-8)2-6-7-5/h4,8H,2-3H2,1H3. The Labute approximate surface area is 54.1 Å². The number of nitrogens with zero attached hydrogens (tertiary/aromatic N) is 3. The van der Waals surface area contributed by atoms with E-state index in [0.29, 0.717) is 12.5 Å². The van der Waals surface area contributed by atoms with Crippen LogP contribution in [0.25, 0.3) is 10.4 Å². The molecule has 0 heterocycles. The lowest BCUT2D eigenvalue weighted by Gasteiger charge is -1.98. The van der Waals surface area contributed by atoms with Crippen molar-refractivity contribution in [2.24, 2.45) is 11.0 Å². The molecule has 0 aromatic rings. The third-order valence-corrected chi connectivity index (χ3v) is 1.39. The van der Waals surface area contributed by atoms with Crippen LogP contribution in [0, 0.1) is 5.92 Å². The van der Waals surface area contributed by atoms with E-state index in [9.17, 15) is 0 Å². The van der Waals surface area contributed by atoms with E-state index in [1.165, 1.54) is 0 Å². The van der Waals surface area contributed by atoms with Gasteiger partial charge in [-0.15, -0.1) is 0 Å². The van der Waals surface area contributed by atoms with Gasteiger partial charge in [-0.25, -0.2) is 0 Å². The summed E-state index contributed by atoms with van der Waals surface area (Å²) in [5.41, 5.74) is 7.84. The summed E-state index contributed by atoms with van der Waals surface area (Å²) in [6.45, 7) is 2.54. The molecule has 1 atom stereocenters. The number of rotatable bonds is 3. The summed E-state index contributed by atoms with van der Waals surface area (Å²) < 4.78 is 0. The largest absolute Gasteiger partial charge is 0.179 e. The van der Waals surface area contributed by atoms with Gasteiger partial charge in [0.05, 0.1) is 0 Å². The first-order valence-electron chi connectivity index (χ1n) is 2.43. The second-order valence-corrected chi connectivity index (χ2v) is 2.07. The molecule has 0 aromatic heterocycles. The smallest absolute Gasteiger partial charge is 0.0291 e. The Morgan fingerprint density at radius 2 is 2.50 bits per heavy atom. The van der Waals surface area contributed by atoms with Crippen LogP contribution in [0.5, 0.6) is 0 Å². The average molecular weight is 131 g/mol. The fourth-order valence-corrected chi connectivity index (χ4v) is 0.349. The minimum Gasteiger partial charge on any atom is -0.179 e. The van der Waals surface area contributed by atoms with E-state index in [4.69, 9.17) is 5.53 Å². The first kappa shape index (κ1) is 7.66. The maximum Gasteiger partial charge on any atom is 0.0291 e. The van der Waals surface area contributed by atoms with Crippen molar-refractivity contribution < 1.29 is 0 Å². The third kappa shape index (κ3) is 3.84. The number of hydrogen-bond donors (Lipinski definition) is 1.